The smallest absolute Gasteiger partial charge is 0.259 e. The molecule has 0 bridgehead atoms. The van der Waals surface area contributed by atoms with E-state index < -0.39 is 17.2 Å². The normalized spacial score (nSPS) is 19.1. The van der Waals surface area contributed by atoms with Crippen molar-refractivity contribution in [3.8, 4) is 5.75 Å². The van der Waals surface area contributed by atoms with Crippen LogP contribution in [0.2, 0.25) is 10.0 Å². The molecule has 0 aromatic heterocycles. The molecule has 3 rings (SSSR count). The van der Waals surface area contributed by atoms with Crippen molar-refractivity contribution in [2.24, 2.45) is 0 Å². The van der Waals surface area contributed by atoms with Crippen molar-refractivity contribution in [1.29, 1.82) is 0 Å². The summed E-state index contributed by atoms with van der Waals surface area (Å²) < 4.78 is 5.32. The predicted octanol–water partition coefficient (Wildman–Crippen LogP) is 2.81. The molecule has 1 aromatic carbocycles. The maximum atomic E-state index is 12.2. The first-order chi connectivity index (χ1) is 10.4. The highest BCUT2D eigenvalue weighted by atomic mass is 35.5. The number of aliphatic hydroxyl groups excluding tert-OH is 1. The molecule has 1 heterocycles. The molecule has 1 aliphatic carbocycles. The van der Waals surface area contributed by atoms with Crippen molar-refractivity contribution < 1.29 is 19.4 Å². The minimum absolute atomic E-state index is 0.167. The molecule has 1 amide bonds. The van der Waals surface area contributed by atoms with E-state index in [1.54, 1.807) is 6.07 Å². The molecule has 7 heteroatoms. The van der Waals surface area contributed by atoms with E-state index in [1.165, 1.54) is 12.1 Å². The zero-order valence-electron chi connectivity index (χ0n) is 11.5. The largest absolute Gasteiger partial charge is 0.509 e. The van der Waals surface area contributed by atoms with Gasteiger partial charge in [-0.05, 0) is 37.5 Å². The molecule has 0 saturated heterocycles. The summed E-state index contributed by atoms with van der Waals surface area (Å²) in [7, 11) is 0. The molecule has 116 valence electrons. The van der Waals surface area contributed by atoms with Crippen molar-refractivity contribution >= 4 is 34.9 Å². The van der Waals surface area contributed by atoms with Crippen LogP contribution >= 0.6 is 23.2 Å². The fourth-order valence-electron chi connectivity index (χ4n) is 2.64. The lowest BCUT2D eigenvalue weighted by Crippen LogP contribution is -2.50. The SMILES string of the molecule is O=C(COc1ccc(Cl)cc1Cl)C1=C(O)C2(CCC2)NC1=O. The molecule has 5 nitrogen and oxygen atoms in total. The maximum absolute atomic E-state index is 12.2. The van der Waals surface area contributed by atoms with Crippen LogP contribution in [-0.2, 0) is 9.59 Å². The van der Waals surface area contributed by atoms with Crippen LogP contribution in [0.3, 0.4) is 0 Å². The molecule has 1 aliphatic heterocycles. The Kier molecular flexibility index (Phi) is 3.78. The summed E-state index contributed by atoms with van der Waals surface area (Å²) in [6.45, 7) is -0.385. The van der Waals surface area contributed by atoms with Gasteiger partial charge in [-0.3, -0.25) is 9.59 Å². The van der Waals surface area contributed by atoms with Crippen molar-refractivity contribution in [2.75, 3.05) is 6.61 Å². The fraction of sp³-hybridized carbons (Fsp3) is 0.333. The fourth-order valence-corrected chi connectivity index (χ4v) is 3.11. The average Bonchev–Trinajstić information content (AvgIpc) is 2.69. The zero-order chi connectivity index (χ0) is 15.9. The number of aliphatic hydroxyl groups is 1. The third kappa shape index (κ3) is 2.44. The summed E-state index contributed by atoms with van der Waals surface area (Å²) in [5, 5.41) is 13.6. The first-order valence-electron chi connectivity index (χ1n) is 6.80. The molecule has 22 heavy (non-hydrogen) atoms. The Morgan fingerprint density at radius 1 is 1.36 bits per heavy atom. The third-order valence-electron chi connectivity index (χ3n) is 4.01. The highest BCUT2D eigenvalue weighted by molar-refractivity contribution is 6.35. The monoisotopic (exact) mass is 341 g/mol. The molecule has 2 aliphatic rings. The number of ether oxygens (including phenoxy) is 1. The average molecular weight is 342 g/mol. The van der Waals surface area contributed by atoms with Crippen LogP contribution in [0, 0.1) is 0 Å². The van der Waals surface area contributed by atoms with Gasteiger partial charge < -0.3 is 15.2 Å². The van der Waals surface area contributed by atoms with Crippen LogP contribution in [0.5, 0.6) is 5.75 Å². The number of ketones is 1. The first kappa shape index (κ1) is 15.2. The Labute approximate surface area is 136 Å². The van der Waals surface area contributed by atoms with E-state index in [1.807, 2.05) is 0 Å². The number of carbonyl (C=O) groups excluding carboxylic acids is 2. The Balaban J connectivity index is 1.73. The van der Waals surface area contributed by atoms with E-state index in [9.17, 15) is 14.7 Å². The van der Waals surface area contributed by atoms with E-state index in [-0.39, 0.29) is 28.7 Å². The molecule has 1 spiro atoms. The van der Waals surface area contributed by atoms with Crippen molar-refractivity contribution in [1.82, 2.24) is 5.32 Å². The van der Waals surface area contributed by atoms with Crippen molar-refractivity contribution in [3.63, 3.8) is 0 Å². The molecule has 0 radical (unpaired) electrons. The predicted molar refractivity (Wildman–Crippen MR) is 81.3 cm³/mol. The second-order valence-electron chi connectivity index (χ2n) is 5.40. The van der Waals surface area contributed by atoms with Gasteiger partial charge in [0.1, 0.15) is 17.1 Å². The molecule has 0 atom stereocenters. The molecular formula is C15H13Cl2NO4. The number of Topliss-reactive ketones (excluding diaryl/α,β-unsaturated/α-hetero) is 1. The number of halogens is 2. The summed E-state index contributed by atoms with van der Waals surface area (Å²) in [4.78, 5) is 24.1. The molecular weight excluding hydrogens is 329 g/mol. The van der Waals surface area contributed by atoms with E-state index in [2.05, 4.69) is 5.32 Å². The molecule has 1 fully saturated rings. The van der Waals surface area contributed by atoms with Crippen LogP contribution in [0.1, 0.15) is 19.3 Å². The first-order valence-corrected chi connectivity index (χ1v) is 7.56. The minimum atomic E-state index is -0.736. The van der Waals surface area contributed by atoms with E-state index in [0.29, 0.717) is 17.9 Å². The van der Waals surface area contributed by atoms with Crippen molar-refractivity contribution in [2.45, 2.75) is 24.8 Å². The minimum Gasteiger partial charge on any atom is -0.509 e. The van der Waals surface area contributed by atoms with Gasteiger partial charge in [0.15, 0.2) is 6.61 Å². The molecule has 2 N–H and O–H groups in total. The highest BCUT2D eigenvalue weighted by Crippen LogP contribution is 2.42. The van der Waals surface area contributed by atoms with Gasteiger partial charge >= 0.3 is 0 Å². The second-order valence-corrected chi connectivity index (χ2v) is 6.24. The summed E-state index contributed by atoms with van der Waals surface area (Å²) in [5.41, 5.74) is -0.954. The topological polar surface area (TPSA) is 75.6 Å². The van der Waals surface area contributed by atoms with Gasteiger partial charge in [-0.25, -0.2) is 0 Å². The van der Waals surface area contributed by atoms with E-state index in [4.69, 9.17) is 27.9 Å². The summed E-state index contributed by atoms with van der Waals surface area (Å²) >= 11 is 11.7. The Bertz CT molecular complexity index is 695. The van der Waals surface area contributed by atoms with Gasteiger partial charge in [0.05, 0.1) is 10.6 Å². The van der Waals surface area contributed by atoms with Gasteiger partial charge in [0.25, 0.3) is 5.91 Å². The third-order valence-corrected chi connectivity index (χ3v) is 4.54. The number of benzene rings is 1. The maximum Gasteiger partial charge on any atom is 0.259 e. The number of nitrogens with one attached hydrogen (secondary N) is 1. The zero-order valence-corrected chi connectivity index (χ0v) is 13.0. The Morgan fingerprint density at radius 3 is 2.64 bits per heavy atom. The van der Waals surface area contributed by atoms with Crippen LogP contribution < -0.4 is 10.1 Å². The molecule has 1 aromatic rings. The second kappa shape index (κ2) is 5.48. The quantitative estimate of drug-likeness (QED) is 0.825. The number of rotatable bonds is 4. The van der Waals surface area contributed by atoms with Gasteiger partial charge in [-0.15, -0.1) is 0 Å². The Hall–Kier alpha value is -1.72. The van der Waals surface area contributed by atoms with Crippen LogP contribution in [-0.4, -0.2) is 28.9 Å². The van der Waals surface area contributed by atoms with E-state index >= 15 is 0 Å². The van der Waals surface area contributed by atoms with Crippen LogP contribution in [0.4, 0.5) is 0 Å². The molecule has 1 saturated carbocycles. The van der Waals surface area contributed by atoms with Gasteiger partial charge in [-0.2, -0.15) is 0 Å². The number of amides is 1. The van der Waals surface area contributed by atoms with Crippen LogP contribution in [0.25, 0.3) is 0 Å². The summed E-state index contributed by atoms with van der Waals surface area (Å²) in [6.07, 6.45) is 2.19. The Morgan fingerprint density at radius 2 is 2.09 bits per heavy atom. The lowest BCUT2D eigenvalue weighted by molar-refractivity contribution is -0.123. The summed E-state index contributed by atoms with van der Waals surface area (Å²) in [5.74, 6) is -1.01. The number of hydrogen-bond acceptors (Lipinski definition) is 4. The lowest BCUT2D eigenvalue weighted by Gasteiger charge is -2.37. The number of hydrogen-bond donors (Lipinski definition) is 2. The van der Waals surface area contributed by atoms with Crippen molar-refractivity contribution in [3.05, 3.63) is 39.6 Å². The van der Waals surface area contributed by atoms with E-state index in [0.717, 1.165) is 6.42 Å². The lowest BCUT2D eigenvalue weighted by atomic mass is 9.76. The highest BCUT2D eigenvalue weighted by Gasteiger charge is 2.51. The van der Waals surface area contributed by atoms with Gasteiger partial charge in [0, 0.05) is 5.02 Å². The molecule has 0 unspecified atom stereocenters. The summed E-state index contributed by atoms with van der Waals surface area (Å²) in [6, 6.07) is 4.61. The number of carbonyl (C=O) groups is 2. The van der Waals surface area contributed by atoms with Gasteiger partial charge in [-0.1, -0.05) is 23.2 Å². The standard InChI is InChI=1S/C15H13Cl2NO4/c16-8-2-3-11(9(17)6-8)22-7-10(19)12-13(20)15(4-1-5-15)18-14(12)21/h2-3,6,20H,1,4-5,7H2,(H,18,21). The van der Waals surface area contributed by atoms with Crippen LogP contribution in [0.15, 0.2) is 29.5 Å². The van der Waals surface area contributed by atoms with Gasteiger partial charge in [0.2, 0.25) is 5.78 Å².